The summed E-state index contributed by atoms with van der Waals surface area (Å²) in [5.74, 6) is -1.04. The number of aromatic nitrogens is 2. The van der Waals surface area contributed by atoms with Crippen LogP contribution in [0.25, 0.3) is 5.57 Å². The molecule has 2 aromatic rings. The zero-order valence-corrected chi connectivity index (χ0v) is 18.5. The van der Waals surface area contributed by atoms with Crippen LogP contribution in [0.2, 0.25) is 0 Å². The lowest BCUT2D eigenvalue weighted by Crippen LogP contribution is -2.44. The number of carbonyl (C=O) groups excluding carboxylic acids is 1. The lowest BCUT2D eigenvalue weighted by atomic mass is 9.84. The Hall–Kier alpha value is -3.00. The predicted octanol–water partition coefficient (Wildman–Crippen LogP) is 3.12. The fraction of sp³-hybridized carbons (Fsp3) is 0.348. The highest BCUT2D eigenvalue weighted by atomic mass is 32.2. The van der Waals surface area contributed by atoms with Gasteiger partial charge in [0.05, 0.1) is 24.5 Å². The molecule has 8 heteroatoms. The van der Waals surface area contributed by atoms with Gasteiger partial charge >= 0.3 is 5.97 Å². The molecular formula is C23H28N4O3S. The molecule has 0 saturated carbocycles. The number of carboxylic acid groups (broad SMARTS) is 1. The van der Waals surface area contributed by atoms with Gasteiger partial charge in [0.2, 0.25) is 5.91 Å². The van der Waals surface area contributed by atoms with Gasteiger partial charge in [-0.05, 0) is 49.0 Å². The van der Waals surface area contributed by atoms with Crippen molar-refractivity contribution in [1.82, 2.24) is 20.6 Å². The molecule has 1 heterocycles. The molecule has 1 aromatic carbocycles. The van der Waals surface area contributed by atoms with Gasteiger partial charge in [-0.1, -0.05) is 36.4 Å². The maximum Gasteiger partial charge on any atom is 0.326 e. The molecule has 0 spiro atoms. The van der Waals surface area contributed by atoms with Gasteiger partial charge in [-0.15, -0.1) is 0 Å². The van der Waals surface area contributed by atoms with Crippen molar-refractivity contribution in [3.05, 3.63) is 71.5 Å². The first-order valence-electron chi connectivity index (χ1n) is 10.2. The molecule has 0 bridgehead atoms. The molecule has 1 aliphatic rings. The molecule has 1 amide bonds. The third-order valence-electron chi connectivity index (χ3n) is 5.30. The molecule has 0 saturated heterocycles. The van der Waals surface area contributed by atoms with E-state index in [2.05, 4.69) is 20.6 Å². The van der Waals surface area contributed by atoms with E-state index in [9.17, 15) is 14.7 Å². The highest BCUT2D eigenvalue weighted by Gasteiger charge is 2.29. The number of nitrogens with zero attached hydrogens (tertiary/aromatic N) is 1. The van der Waals surface area contributed by atoms with Crippen LogP contribution < -0.4 is 10.6 Å². The van der Waals surface area contributed by atoms with Crippen LogP contribution in [0.1, 0.15) is 29.8 Å². The first-order valence-corrected chi connectivity index (χ1v) is 11.6. The molecule has 2 atom stereocenters. The van der Waals surface area contributed by atoms with Gasteiger partial charge in [0.15, 0.2) is 0 Å². The Labute approximate surface area is 186 Å². The second-order valence-electron chi connectivity index (χ2n) is 7.42. The normalized spacial score (nSPS) is 16.8. The summed E-state index contributed by atoms with van der Waals surface area (Å²) in [7, 11) is 0. The van der Waals surface area contributed by atoms with Crippen LogP contribution >= 0.6 is 11.8 Å². The van der Waals surface area contributed by atoms with Gasteiger partial charge in [-0.3, -0.25) is 4.79 Å². The van der Waals surface area contributed by atoms with Crippen LogP contribution in [-0.4, -0.2) is 45.0 Å². The number of carbonyl (C=O) groups is 2. The maximum absolute atomic E-state index is 13.1. The number of hydrogen-bond acceptors (Lipinski definition) is 5. The van der Waals surface area contributed by atoms with E-state index in [0.29, 0.717) is 25.1 Å². The number of imidazole rings is 1. The number of amides is 1. The van der Waals surface area contributed by atoms with Crippen molar-refractivity contribution >= 4 is 29.2 Å². The standard InChI is InChI=1S/C23H28N4O3S/c1-15-21(26-14-25-15)13-24-17-8-9-18(19(12-17)16-6-4-3-5-7-16)22(28)27-20(23(29)30)10-11-31-2/h3-8,12,14,18,20,24H,9-11,13H2,1-2H3,(H,25,26)(H,27,28)(H,29,30)/t18?,20-/m0/s1. The molecule has 0 aliphatic heterocycles. The van der Waals surface area contributed by atoms with Crippen molar-refractivity contribution in [1.29, 1.82) is 0 Å². The molecule has 31 heavy (non-hydrogen) atoms. The summed E-state index contributed by atoms with van der Waals surface area (Å²) in [5.41, 5.74) is 4.69. The Bertz CT molecular complexity index is 968. The van der Waals surface area contributed by atoms with Crippen LogP contribution in [0.15, 0.2) is 54.5 Å². The maximum atomic E-state index is 13.1. The average Bonchev–Trinajstić information content (AvgIpc) is 3.20. The fourth-order valence-electron chi connectivity index (χ4n) is 3.50. The molecule has 4 N–H and O–H groups in total. The Morgan fingerprint density at radius 3 is 2.74 bits per heavy atom. The molecule has 0 radical (unpaired) electrons. The SMILES string of the molecule is CSCC[C@H](NC(=O)C1CC=C(NCc2nc[nH]c2C)C=C1c1ccccc1)C(=O)O. The smallest absolute Gasteiger partial charge is 0.326 e. The van der Waals surface area contributed by atoms with Crippen molar-refractivity contribution in [3.63, 3.8) is 0 Å². The zero-order chi connectivity index (χ0) is 22.2. The zero-order valence-electron chi connectivity index (χ0n) is 17.7. The minimum Gasteiger partial charge on any atom is -0.480 e. The molecule has 3 rings (SSSR count). The molecule has 1 aromatic heterocycles. The minimum atomic E-state index is -1.00. The quantitative estimate of drug-likeness (QED) is 0.452. The van der Waals surface area contributed by atoms with Crippen LogP contribution in [0.3, 0.4) is 0 Å². The number of hydrogen-bond donors (Lipinski definition) is 4. The third kappa shape index (κ3) is 6.01. The lowest BCUT2D eigenvalue weighted by Gasteiger charge is -2.26. The number of aromatic amines is 1. The summed E-state index contributed by atoms with van der Waals surface area (Å²) in [4.78, 5) is 32.0. The Balaban J connectivity index is 1.78. The summed E-state index contributed by atoms with van der Waals surface area (Å²) in [6.07, 6.45) is 8.43. The van der Waals surface area contributed by atoms with Gasteiger partial charge in [0.25, 0.3) is 0 Å². The van der Waals surface area contributed by atoms with E-state index >= 15 is 0 Å². The molecular weight excluding hydrogens is 412 g/mol. The van der Waals surface area contributed by atoms with Crippen LogP contribution in [0.4, 0.5) is 0 Å². The van der Waals surface area contributed by atoms with Crippen LogP contribution in [0.5, 0.6) is 0 Å². The van der Waals surface area contributed by atoms with Crippen LogP contribution in [0, 0.1) is 12.8 Å². The minimum absolute atomic E-state index is 0.262. The first kappa shape index (κ1) is 22.7. The largest absolute Gasteiger partial charge is 0.480 e. The van der Waals surface area contributed by atoms with E-state index < -0.39 is 17.9 Å². The Morgan fingerprint density at radius 2 is 2.10 bits per heavy atom. The molecule has 0 fully saturated rings. The number of allylic oxidation sites excluding steroid dienone is 2. The summed E-state index contributed by atoms with van der Waals surface area (Å²) in [5, 5.41) is 15.6. The first-order chi connectivity index (χ1) is 15.0. The van der Waals surface area contributed by atoms with Crippen molar-refractivity contribution in [2.24, 2.45) is 5.92 Å². The molecule has 7 nitrogen and oxygen atoms in total. The number of rotatable bonds is 10. The lowest BCUT2D eigenvalue weighted by molar-refractivity contribution is -0.142. The number of aliphatic carboxylic acids is 1. The topological polar surface area (TPSA) is 107 Å². The second-order valence-corrected chi connectivity index (χ2v) is 8.41. The fourth-order valence-corrected chi connectivity index (χ4v) is 3.97. The van der Waals surface area contributed by atoms with Crippen molar-refractivity contribution < 1.29 is 14.7 Å². The molecule has 1 aliphatic carbocycles. The summed E-state index contributed by atoms with van der Waals surface area (Å²) in [6.45, 7) is 2.55. The van der Waals surface area contributed by atoms with E-state index in [-0.39, 0.29) is 5.91 Å². The number of nitrogens with one attached hydrogen (secondary N) is 3. The van der Waals surface area contributed by atoms with E-state index in [0.717, 1.165) is 28.2 Å². The van der Waals surface area contributed by atoms with Crippen molar-refractivity contribution in [3.8, 4) is 0 Å². The number of carboxylic acids is 1. The highest BCUT2D eigenvalue weighted by Crippen LogP contribution is 2.32. The van der Waals surface area contributed by atoms with Gasteiger partial charge in [-0.25, -0.2) is 9.78 Å². The van der Waals surface area contributed by atoms with Gasteiger partial charge < -0.3 is 20.7 Å². The number of aryl methyl sites for hydroxylation is 1. The Morgan fingerprint density at radius 1 is 1.32 bits per heavy atom. The van der Waals surface area contributed by atoms with E-state index in [1.807, 2.05) is 55.7 Å². The number of thioether (sulfide) groups is 1. The summed E-state index contributed by atoms with van der Waals surface area (Å²) < 4.78 is 0. The van der Waals surface area contributed by atoms with E-state index in [1.54, 1.807) is 18.1 Å². The van der Waals surface area contributed by atoms with Crippen molar-refractivity contribution in [2.45, 2.75) is 32.4 Å². The second kappa shape index (κ2) is 10.9. The monoisotopic (exact) mass is 440 g/mol. The third-order valence-corrected chi connectivity index (χ3v) is 5.95. The molecule has 164 valence electrons. The molecule has 1 unspecified atom stereocenters. The van der Waals surface area contributed by atoms with Crippen LogP contribution in [-0.2, 0) is 16.1 Å². The number of benzene rings is 1. The highest BCUT2D eigenvalue weighted by molar-refractivity contribution is 7.98. The van der Waals surface area contributed by atoms with E-state index in [4.69, 9.17) is 0 Å². The van der Waals surface area contributed by atoms with Gasteiger partial charge in [0, 0.05) is 11.4 Å². The van der Waals surface area contributed by atoms with Gasteiger partial charge in [0.1, 0.15) is 6.04 Å². The Kier molecular flexibility index (Phi) is 7.94. The summed E-state index contributed by atoms with van der Waals surface area (Å²) in [6, 6.07) is 8.85. The van der Waals surface area contributed by atoms with Gasteiger partial charge in [-0.2, -0.15) is 11.8 Å². The predicted molar refractivity (Wildman–Crippen MR) is 123 cm³/mol. The van der Waals surface area contributed by atoms with E-state index in [1.165, 1.54) is 0 Å². The summed E-state index contributed by atoms with van der Waals surface area (Å²) >= 11 is 1.56. The number of H-pyrrole nitrogens is 1. The van der Waals surface area contributed by atoms with Crippen molar-refractivity contribution in [2.75, 3.05) is 12.0 Å². The average molecular weight is 441 g/mol.